The van der Waals surface area contributed by atoms with Gasteiger partial charge in [-0.1, -0.05) is 12.1 Å². The number of amides is 1. The summed E-state index contributed by atoms with van der Waals surface area (Å²) in [6, 6.07) is 12.9. The zero-order valence-corrected chi connectivity index (χ0v) is 12.7. The van der Waals surface area contributed by atoms with Gasteiger partial charge in [0.2, 0.25) is 5.88 Å². The second-order valence-electron chi connectivity index (χ2n) is 4.97. The van der Waals surface area contributed by atoms with Gasteiger partial charge in [-0.2, -0.15) is 0 Å². The van der Waals surface area contributed by atoms with Crippen LogP contribution in [-0.2, 0) is 0 Å². The van der Waals surface area contributed by atoms with Crippen molar-refractivity contribution < 1.29 is 22.7 Å². The van der Waals surface area contributed by atoms with Crippen LogP contribution in [0.1, 0.15) is 10.4 Å². The third kappa shape index (κ3) is 3.77. The number of carbonyl (C=O) groups excluding carboxylic acids is 1. The SMILES string of the molecule is O=C(Nc1ccc(F)c(F)c1F)c1cccc(Oc2ccccn2)c1. The second kappa shape index (κ2) is 7.04. The lowest BCUT2D eigenvalue weighted by Crippen LogP contribution is -2.14. The first-order valence-electron chi connectivity index (χ1n) is 7.18. The number of hydrogen-bond acceptors (Lipinski definition) is 3. The maximum Gasteiger partial charge on any atom is 0.255 e. The smallest absolute Gasteiger partial charge is 0.255 e. The molecule has 25 heavy (non-hydrogen) atoms. The number of benzene rings is 2. The van der Waals surface area contributed by atoms with E-state index in [2.05, 4.69) is 10.3 Å². The van der Waals surface area contributed by atoms with E-state index >= 15 is 0 Å². The first kappa shape index (κ1) is 16.5. The molecule has 0 spiro atoms. The average molecular weight is 344 g/mol. The third-order valence-electron chi connectivity index (χ3n) is 3.24. The van der Waals surface area contributed by atoms with Gasteiger partial charge in [0, 0.05) is 17.8 Å². The number of carbonyl (C=O) groups is 1. The lowest BCUT2D eigenvalue weighted by Gasteiger charge is -2.09. The first-order valence-corrected chi connectivity index (χ1v) is 7.18. The summed E-state index contributed by atoms with van der Waals surface area (Å²) in [5, 5.41) is 2.19. The Morgan fingerprint density at radius 3 is 2.56 bits per heavy atom. The topological polar surface area (TPSA) is 51.2 Å². The molecule has 0 radical (unpaired) electrons. The number of halogens is 3. The van der Waals surface area contributed by atoms with Gasteiger partial charge in [-0.15, -0.1) is 0 Å². The monoisotopic (exact) mass is 344 g/mol. The van der Waals surface area contributed by atoms with Crippen molar-refractivity contribution in [2.75, 3.05) is 5.32 Å². The minimum absolute atomic E-state index is 0.151. The maximum atomic E-state index is 13.6. The van der Waals surface area contributed by atoms with Crippen LogP contribution in [0.4, 0.5) is 18.9 Å². The van der Waals surface area contributed by atoms with Crippen LogP contribution in [0.5, 0.6) is 11.6 Å². The van der Waals surface area contributed by atoms with E-state index in [9.17, 15) is 18.0 Å². The van der Waals surface area contributed by atoms with Crippen LogP contribution >= 0.6 is 0 Å². The van der Waals surface area contributed by atoms with Gasteiger partial charge in [0.25, 0.3) is 5.91 Å². The average Bonchev–Trinajstić information content (AvgIpc) is 2.63. The fourth-order valence-corrected chi connectivity index (χ4v) is 2.05. The molecule has 1 heterocycles. The number of aromatic nitrogens is 1. The summed E-state index contributed by atoms with van der Waals surface area (Å²) in [5.74, 6) is -4.46. The highest BCUT2D eigenvalue weighted by Gasteiger charge is 2.16. The number of hydrogen-bond donors (Lipinski definition) is 1. The standard InChI is InChI=1S/C18H11F3N2O2/c19-13-7-8-14(17(21)16(13)20)23-18(24)11-4-3-5-12(10-11)25-15-6-1-2-9-22-15/h1-10H,(H,23,24). The molecule has 3 aromatic rings. The molecule has 3 rings (SSSR count). The molecular weight excluding hydrogens is 333 g/mol. The predicted octanol–water partition coefficient (Wildman–Crippen LogP) is 4.54. The summed E-state index contributed by atoms with van der Waals surface area (Å²) in [5.41, 5.74) is -0.308. The highest BCUT2D eigenvalue weighted by atomic mass is 19.2. The molecule has 0 saturated carbocycles. The molecule has 7 heteroatoms. The molecule has 0 bridgehead atoms. The molecule has 126 valence electrons. The largest absolute Gasteiger partial charge is 0.439 e. The Morgan fingerprint density at radius 1 is 0.960 bits per heavy atom. The molecule has 0 aliphatic carbocycles. The van der Waals surface area contributed by atoms with E-state index in [0.29, 0.717) is 11.6 Å². The van der Waals surface area contributed by atoms with Gasteiger partial charge in [0.05, 0.1) is 5.69 Å². The van der Waals surface area contributed by atoms with Crippen LogP contribution in [0.2, 0.25) is 0 Å². The lowest BCUT2D eigenvalue weighted by molar-refractivity contribution is 0.102. The molecule has 0 aliphatic heterocycles. The molecule has 1 aromatic heterocycles. The molecule has 0 atom stereocenters. The van der Waals surface area contributed by atoms with E-state index in [1.54, 1.807) is 36.5 Å². The van der Waals surface area contributed by atoms with E-state index in [-0.39, 0.29) is 5.56 Å². The van der Waals surface area contributed by atoms with Crippen LogP contribution in [0.25, 0.3) is 0 Å². The van der Waals surface area contributed by atoms with Crippen molar-refractivity contribution in [3.63, 3.8) is 0 Å². The van der Waals surface area contributed by atoms with Crippen molar-refractivity contribution in [3.8, 4) is 11.6 Å². The first-order chi connectivity index (χ1) is 12.0. The van der Waals surface area contributed by atoms with Crippen LogP contribution in [0.3, 0.4) is 0 Å². The van der Waals surface area contributed by atoms with Crippen molar-refractivity contribution in [3.05, 3.63) is 83.8 Å². The molecule has 0 fully saturated rings. The molecule has 0 aliphatic rings. The highest BCUT2D eigenvalue weighted by molar-refractivity contribution is 6.04. The Morgan fingerprint density at radius 2 is 1.80 bits per heavy atom. The Labute approximate surface area is 140 Å². The fraction of sp³-hybridized carbons (Fsp3) is 0. The highest BCUT2D eigenvalue weighted by Crippen LogP contribution is 2.23. The van der Waals surface area contributed by atoms with Crippen LogP contribution in [0, 0.1) is 17.5 Å². The summed E-state index contributed by atoms with van der Waals surface area (Å²) in [6.07, 6.45) is 1.55. The van der Waals surface area contributed by atoms with Crippen molar-refractivity contribution >= 4 is 11.6 Å². The summed E-state index contributed by atoms with van der Waals surface area (Å²) in [6.45, 7) is 0. The van der Waals surface area contributed by atoms with Crippen LogP contribution in [0.15, 0.2) is 60.8 Å². The van der Waals surface area contributed by atoms with E-state index in [4.69, 9.17) is 4.74 Å². The number of pyridine rings is 1. The van der Waals surface area contributed by atoms with E-state index in [0.717, 1.165) is 12.1 Å². The number of nitrogens with one attached hydrogen (secondary N) is 1. The zero-order chi connectivity index (χ0) is 17.8. The summed E-state index contributed by atoms with van der Waals surface area (Å²) in [7, 11) is 0. The minimum Gasteiger partial charge on any atom is -0.439 e. The minimum atomic E-state index is -1.65. The maximum absolute atomic E-state index is 13.6. The summed E-state index contributed by atoms with van der Waals surface area (Å²) in [4.78, 5) is 16.2. The molecule has 4 nitrogen and oxygen atoms in total. The molecular formula is C18H11F3N2O2. The van der Waals surface area contributed by atoms with E-state index < -0.39 is 29.0 Å². The van der Waals surface area contributed by atoms with Crippen LogP contribution in [-0.4, -0.2) is 10.9 Å². The summed E-state index contributed by atoms with van der Waals surface area (Å²) >= 11 is 0. The predicted molar refractivity (Wildman–Crippen MR) is 85.0 cm³/mol. The lowest BCUT2D eigenvalue weighted by atomic mass is 10.2. The van der Waals surface area contributed by atoms with Gasteiger partial charge < -0.3 is 10.1 Å². The molecule has 0 saturated heterocycles. The van der Waals surface area contributed by atoms with Crippen LogP contribution < -0.4 is 10.1 Å². The number of rotatable bonds is 4. The van der Waals surface area contributed by atoms with Gasteiger partial charge in [-0.3, -0.25) is 4.79 Å². The van der Waals surface area contributed by atoms with E-state index in [1.165, 1.54) is 12.1 Å². The zero-order valence-electron chi connectivity index (χ0n) is 12.7. The Hall–Kier alpha value is -3.35. The molecule has 1 amide bonds. The number of ether oxygens (including phenoxy) is 1. The number of nitrogens with zero attached hydrogens (tertiary/aromatic N) is 1. The van der Waals surface area contributed by atoms with Gasteiger partial charge in [0.1, 0.15) is 5.75 Å². The van der Waals surface area contributed by atoms with Crippen molar-refractivity contribution in [1.82, 2.24) is 4.98 Å². The molecule has 2 aromatic carbocycles. The van der Waals surface area contributed by atoms with E-state index in [1.807, 2.05) is 0 Å². The summed E-state index contributed by atoms with van der Waals surface area (Å²) < 4.78 is 45.3. The van der Waals surface area contributed by atoms with Crippen molar-refractivity contribution in [1.29, 1.82) is 0 Å². The quantitative estimate of drug-likeness (QED) is 0.707. The molecule has 1 N–H and O–H groups in total. The Kier molecular flexibility index (Phi) is 4.65. The Balaban J connectivity index is 1.79. The second-order valence-corrected chi connectivity index (χ2v) is 4.97. The van der Waals surface area contributed by atoms with Gasteiger partial charge >= 0.3 is 0 Å². The number of anilines is 1. The molecule has 0 unspecified atom stereocenters. The van der Waals surface area contributed by atoms with Crippen molar-refractivity contribution in [2.24, 2.45) is 0 Å². The fourth-order valence-electron chi connectivity index (χ4n) is 2.05. The normalized spacial score (nSPS) is 10.4. The van der Waals surface area contributed by atoms with Crippen molar-refractivity contribution in [2.45, 2.75) is 0 Å². The third-order valence-corrected chi connectivity index (χ3v) is 3.24. The van der Waals surface area contributed by atoms with Gasteiger partial charge in [-0.25, -0.2) is 18.2 Å². The van der Waals surface area contributed by atoms with Gasteiger partial charge in [0.15, 0.2) is 17.5 Å². The van der Waals surface area contributed by atoms with Gasteiger partial charge in [-0.05, 0) is 36.4 Å². The Bertz CT molecular complexity index is 917.